The number of rotatable bonds is 1. The van der Waals surface area contributed by atoms with Crippen LogP contribution < -0.4 is 0 Å². The lowest BCUT2D eigenvalue weighted by Gasteiger charge is -2.22. The molecule has 2 atom stereocenters. The molecule has 2 aliphatic carbocycles. The third-order valence-corrected chi connectivity index (χ3v) is 3.33. The fraction of sp³-hybridized carbons (Fsp3) is 0.462. The number of hydrogen-bond acceptors (Lipinski definition) is 1. The maximum atomic E-state index is 13.4. The SMILES string of the molecule is CC1=CCC(C2CC=C(C#N)C2)C=C1F. The zero-order chi connectivity index (χ0) is 10.8. The first-order chi connectivity index (χ1) is 7.20. The highest BCUT2D eigenvalue weighted by atomic mass is 19.1. The molecule has 78 valence electrons. The van der Waals surface area contributed by atoms with Gasteiger partial charge in [-0.25, -0.2) is 4.39 Å². The van der Waals surface area contributed by atoms with Crippen molar-refractivity contribution in [1.82, 2.24) is 0 Å². The first kappa shape index (κ1) is 10.2. The predicted molar refractivity (Wildman–Crippen MR) is 57.5 cm³/mol. The average molecular weight is 203 g/mol. The number of halogens is 1. The van der Waals surface area contributed by atoms with Crippen LogP contribution in [0.2, 0.25) is 0 Å². The molecule has 0 saturated carbocycles. The summed E-state index contributed by atoms with van der Waals surface area (Å²) >= 11 is 0. The molecule has 0 amide bonds. The van der Waals surface area contributed by atoms with Crippen LogP contribution in [0.3, 0.4) is 0 Å². The van der Waals surface area contributed by atoms with E-state index >= 15 is 0 Å². The molecule has 0 aliphatic heterocycles. The predicted octanol–water partition coefficient (Wildman–Crippen LogP) is 3.67. The second-order valence-electron chi connectivity index (χ2n) is 4.34. The van der Waals surface area contributed by atoms with Gasteiger partial charge in [0.25, 0.3) is 0 Å². The highest BCUT2D eigenvalue weighted by Crippen LogP contribution is 2.37. The van der Waals surface area contributed by atoms with Gasteiger partial charge in [0.1, 0.15) is 5.83 Å². The number of nitrogens with zero attached hydrogens (tertiary/aromatic N) is 1. The molecular formula is C13H14FN. The van der Waals surface area contributed by atoms with Crippen molar-refractivity contribution in [1.29, 1.82) is 5.26 Å². The van der Waals surface area contributed by atoms with E-state index in [0.717, 1.165) is 30.4 Å². The topological polar surface area (TPSA) is 23.8 Å². The van der Waals surface area contributed by atoms with Gasteiger partial charge in [-0.3, -0.25) is 0 Å². The quantitative estimate of drug-likeness (QED) is 0.638. The summed E-state index contributed by atoms with van der Waals surface area (Å²) in [5.74, 6) is 0.613. The van der Waals surface area contributed by atoms with Gasteiger partial charge in [-0.2, -0.15) is 5.26 Å². The summed E-state index contributed by atoms with van der Waals surface area (Å²) in [5, 5.41) is 8.76. The standard InChI is InChI=1S/C13H14FN/c1-9-2-4-12(7-13(9)14)11-5-3-10(6-11)8-15/h2-3,7,11-12H,4-6H2,1H3. The van der Waals surface area contributed by atoms with Gasteiger partial charge in [-0.05, 0) is 49.7 Å². The van der Waals surface area contributed by atoms with E-state index in [-0.39, 0.29) is 11.7 Å². The zero-order valence-corrected chi connectivity index (χ0v) is 8.83. The molecule has 0 radical (unpaired) electrons. The van der Waals surface area contributed by atoms with E-state index < -0.39 is 0 Å². The minimum absolute atomic E-state index is 0.0864. The Hall–Kier alpha value is -1.36. The Labute approximate surface area is 89.6 Å². The van der Waals surface area contributed by atoms with Gasteiger partial charge >= 0.3 is 0 Å². The largest absolute Gasteiger partial charge is 0.207 e. The van der Waals surface area contributed by atoms with Crippen LogP contribution in [0.5, 0.6) is 0 Å². The van der Waals surface area contributed by atoms with Crippen molar-refractivity contribution in [2.45, 2.75) is 26.2 Å². The molecule has 2 unspecified atom stereocenters. The minimum atomic E-state index is -0.0864. The molecule has 0 aromatic carbocycles. The lowest BCUT2D eigenvalue weighted by atomic mass is 9.83. The molecule has 0 aromatic heterocycles. The monoisotopic (exact) mass is 203 g/mol. The van der Waals surface area contributed by atoms with Crippen molar-refractivity contribution in [3.63, 3.8) is 0 Å². The summed E-state index contributed by atoms with van der Waals surface area (Å²) in [7, 11) is 0. The van der Waals surface area contributed by atoms with Crippen LogP contribution in [-0.4, -0.2) is 0 Å². The minimum Gasteiger partial charge on any atom is -0.207 e. The molecule has 0 aromatic rings. The van der Waals surface area contributed by atoms with Gasteiger partial charge in [0.2, 0.25) is 0 Å². The van der Waals surface area contributed by atoms with E-state index in [1.165, 1.54) is 0 Å². The third kappa shape index (κ3) is 2.02. The number of nitriles is 1. The fourth-order valence-corrected chi connectivity index (χ4v) is 2.29. The molecule has 0 bridgehead atoms. The van der Waals surface area contributed by atoms with Crippen molar-refractivity contribution in [2.75, 3.05) is 0 Å². The first-order valence-electron chi connectivity index (χ1n) is 5.34. The third-order valence-electron chi connectivity index (χ3n) is 3.33. The Morgan fingerprint density at radius 3 is 2.80 bits per heavy atom. The van der Waals surface area contributed by atoms with E-state index in [1.54, 1.807) is 13.0 Å². The summed E-state index contributed by atoms with van der Waals surface area (Å²) in [4.78, 5) is 0. The summed E-state index contributed by atoms with van der Waals surface area (Å²) < 4.78 is 13.4. The molecule has 2 rings (SSSR count). The van der Waals surface area contributed by atoms with E-state index in [0.29, 0.717) is 5.92 Å². The highest BCUT2D eigenvalue weighted by molar-refractivity contribution is 5.31. The Morgan fingerprint density at radius 2 is 2.20 bits per heavy atom. The Kier molecular flexibility index (Phi) is 2.73. The first-order valence-corrected chi connectivity index (χ1v) is 5.34. The normalized spacial score (nSPS) is 30.3. The molecule has 0 spiro atoms. The smallest absolute Gasteiger partial charge is 0.122 e. The van der Waals surface area contributed by atoms with Crippen molar-refractivity contribution in [2.24, 2.45) is 11.8 Å². The van der Waals surface area contributed by atoms with Gasteiger partial charge in [0.05, 0.1) is 6.07 Å². The maximum absolute atomic E-state index is 13.4. The van der Waals surface area contributed by atoms with Crippen LogP contribution in [0.15, 0.2) is 35.2 Å². The Morgan fingerprint density at radius 1 is 1.40 bits per heavy atom. The van der Waals surface area contributed by atoms with Gasteiger partial charge in [0.15, 0.2) is 0 Å². The second-order valence-corrected chi connectivity index (χ2v) is 4.34. The summed E-state index contributed by atoms with van der Waals surface area (Å²) in [6.07, 6.45) is 8.33. The van der Waals surface area contributed by atoms with Crippen LogP contribution in [0.4, 0.5) is 4.39 Å². The second kappa shape index (κ2) is 4.02. The van der Waals surface area contributed by atoms with E-state index in [1.807, 2.05) is 12.2 Å². The van der Waals surface area contributed by atoms with Crippen LogP contribution >= 0.6 is 0 Å². The van der Waals surface area contributed by atoms with Gasteiger partial charge < -0.3 is 0 Å². The zero-order valence-electron chi connectivity index (χ0n) is 8.83. The van der Waals surface area contributed by atoms with Crippen molar-refractivity contribution < 1.29 is 4.39 Å². The van der Waals surface area contributed by atoms with Crippen LogP contribution in [0.25, 0.3) is 0 Å². The molecular weight excluding hydrogens is 189 g/mol. The van der Waals surface area contributed by atoms with Gasteiger partial charge in [-0.15, -0.1) is 0 Å². The molecule has 0 fully saturated rings. The highest BCUT2D eigenvalue weighted by Gasteiger charge is 2.26. The average Bonchev–Trinajstić information content (AvgIpc) is 2.70. The van der Waals surface area contributed by atoms with Crippen molar-refractivity contribution in [3.8, 4) is 6.07 Å². The molecule has 0 heterocycles. The van der Waals surface area contributed by atoms with E-state index in [9.17, 15) is 4.39 Å². The molecule has 2 heteroatoms. The fourth-order valence-electron chi connectivity index (χ4n) is 2.29. The van der Waals surface area contributed by atoms with Crippen molar-refractivity contribution >= 4 is 0 Å². The summed E-state index contributed by atoms with van der Waals surface area (Å²) in [6, 6.07) is 2.18. The molecule has 2 aliphatic rings. The van der Waals surface area contributed by atoms with E-state index in [2.05, 4.69) is 6.07 Å². The molecule has 1 nitrogen and oxygen atoms in total. The van der Waals surface area contributed by atoms with Crippen LogP contribution in [0.1, 0.15) is 26.2 Å². The summed E-state index contributed by atoms with van der Waals surface area (Å²) in [5.41, 5.74) is 1.61. The molecule has 15 heavy (non-hydrogen) atoms. The maximum Gasteiger partial charge on any atom is 0.122 e. The lowest BCUT2D eigenvalue weighted by molar-refractivity contribution is 0.404. The van der Waals surface area contributed by atoms with Gasteiger partial charge in [-0.1, -0.05) is 12.2 Å². The van der Waals surface area contributed by atoms with Gasteiger partial charge in [0, 0.05) is 5.57 Å². The Bertz CT molecular complexity index is 395. The number of hydrogen-bond donors (Lipinski definition) is 0. The van der Waals surface area contributed by atoms with Crippen LogP contribution in [-0.2, 0) is 0 Å². The summed E-state index contributed by atoms with van der Waals surface area (Å²) in [6.45, 7) is 1.80. The van der Waals surface area contributed by atoms with Crippen LogP contribution in [0, 0.1) is 23.2 Å². The molecule has 0 saturated heterocycles. The lowest BCUT2D eigenvalue weighted by Crippen LogP contribution is -2.12. The van der Waals surface area contributed by atoms with E-state index in [4.69, 9.17) is 5.26 Å². The number of allylic oxidation sites excluding steroid dienone is 6. The Balaban J connectivity index is 2.02. The van der Waals surface area contributed by atoms with Crippen molar-refractivity contribution in [3.05, 3.63) is 35.2 Å². The molecule has 0 N–H and O–H groups in total.